The number of carbonyl (C=O) groups is 1. The van der Waals surface area contributed by atoms with E-state index in [1.54, 1.807) is 11.2 Å². The quantitative estimate of drug-likeness (QED) is 0.416. The zero-order valence-electron chi connectivity index (χ0n) is 14.9. The Labute approximate surface area is 175 Å². The van der Waals surface area contributed by atoms with E-state index in [0.717, 1.165) is 15.9 Å². The fourth-order valence-electron chi connectivity index (χ4n) is 2.72. The van der Waals surface area contributed by atoms with Gasteiger partial charge in [-0.25, -0.2) is 4.98 Å². The molecule has 0 unspecified atom stereocenters. The van der Waals surface area contributed by atoms with Gasteiger partial charge in [0.2, 0.25) is 5.91 Å². The molecule has 0 bridgehead atoms. The number of amides is 1. The number of thiazole rings is 1. The van der Waals surface area contributed by atoms with Crippen LogP contribution in [0.4, 0.5) is 5.13 Å². The van der Waals surface area contributed by atoms with E-state index in [1.807, 2.05) is 60.0 Å². The zero-order valence-corrected chi connectivity index (χ0v) is 17.3. The summed E-state index contributed by atoms with van der Waals surface area (Å²) in [6, 6.07) is 15.3. The summed E-state index contributed by atoms with van der Waals surface area (Å²) >= 11 is 8.94. The number of hydrogen-bond donors (Lipinski definition) is 0. The molecular weight excluding hydrogens is 414 g/mol. The van der Waals surface area contributed by atoms with Gasteiger partial charge >= 0.3 is 0 Å². The molecular formula is C19H16ClN5OS2. The third-order valence-corrected chi connectivity index (χ3v) is 6.28. The van der Waals surface area contributed by atoms with Crippen molar-refractivity contribution in [2.45, 2.75) is 12.1 Å². The van der Waals surface area contributed by atoms with E-state index < -0.39 is 0 Å². The summed E-state index contributed by atoms with van der Waals surface area (Å²) in [4.78, 5) is 19.1. The molecule has 6 nitrogen and oxygen atoms in total. The maximum absolute atomic E-state index is 12.8. The largest absolute Gasteiger partial charge is 0.288 e. The SMILES string of the molecule is CCN(C(=O)CSc1nncn1-c1cccc(Cl)c1)c1nc2ccccc2s1. The molecule has 0 N–H and O–H groups in total. The molecule has 2 heterocycles. The Bertz CT molecular complexity index is 1090. The molecule has 4 aromatic rings. The maximum atomic E-state index is 12.8. The summed E-state index contributed by atoms with van der Waals surface area (Å²) in [6.07, 6.45) is 1.61. The highest BCUT2D eigenvalue weighted by molar-refractivity contribution is 7.99. The topological polar surface area (TPSA) is 63.9 Å². The first kappa shape index (κ1) is 18.9. The number of benzene rings is 2. The lowest BCUT2D eigenvalue weighted by Crippen LogP contribution is -2.32. The van der Waals surface area contributed by atoms with Crippen molar-refractivity contribution in [1.82, 2.24) is 19.7 Å². The number of nitrogens with zero attached hydrogens (tertiary/aromatic N) is 5. The first-order chi connectivity index (χ1) is 13.7. The average molecular weight is 430 g/mol. The minimum absolute atomic E-state index is 0.0211. The van der Waals surface area contributed by atoms with Crippen LogP contribution in [0.25, 0.3) is 15.9 Å². The monoisotopic (exact) mass is 429 g/mol. The number of rotatable bonds is 6. The molecule has 4 rings (SSSR count). The number of aromatic nitrogens is 4. The lowest BCUT2D eigenvalue weighted by molar-refractivity contribution is -0.116. The van der Waals surface area contributed by atoms with Crippen molar-refractivity contribution in [3.63, 3.8) is 0 Å². The summed E-state index contributed by atoms with van der Waals surface area (Å²) in [5.74, 6) is 0.218. The molecule has 0 radical (unpaired) electrons. The number of carbonyl (C=O) groups excluding carboxylic acids is 1. The summed E-state index contributed by atoms with van der Waals surface area (Å²) in [5, 5.41) is 10.1. The Hall–Kier alpha value is -2.42. The molecule has 0 aliphatic rings. The van der Waals surface area contributed by atoms with Crippen LogP contribution < -0.4 is 4.90 Å². The molecule has 142 valence electrons. The third-order valence-electron chi connectivity index (χ3n) is 4.06. The second-order valence-electron chi connectivity index (χ2n) is 5.85. The fourth-order valence-corrected chi connectivity index (χ4v) is 4.76. The van der Waals surface area contributed by atoms with Gasteiger partial charge in [-0.15, -0.1) is 10.2 Å². The van der Waals surface area contributed by atoms with Crippen LogP contribution in [-0.2, 0) is 4.79 Å². The Kier molecular flexibility index (Phi) is 5.61. The second kappa shape index (κ2) is 8.30. The summed E-state index contributed by atoms with van der Waals surface area (Å²) in [6.45, 7) is 2.50. The van der Waals surface area contributed by atoms with E-state index in [-0.39, 0.29) is 11.7 Å². The first-order valence-corrected chi connectivity index (χ1v) is 10.8. The highest BCUT2D eigenvalue weighted by Gasteiger charge is 2.19. The molecule has 1 amide bonds. The molecule has 0 saturated carbocycles. The predicted molar refractivity (Wildman–Crippen MR) is 115 cm³/mol. The van der Waals surface area contributed by atoms with Crippen LogP contribution >= 0.6 is 34.7 Å². The van der Waals surface area contributed by atoms with Crippen molar-refractivity contribution in [3.05, 3.63) is 59.9 Å². The van der Waals surface area contributed by atoms with Crippen molar-refractivity contribution >= 4 is 56.0 Å². The maximum Gasteiger partial charge on any atom is 0.239 e. The number of anilines is 1. The average Bonchev–Trinajstić information content (AvgIpc) is 3.33. The Balaban J connectivity index is 1.50. The van der Waals surface area contributed by atoms with E-state index in [1.165, 1.54) is 23.1 Å². The normalized spacial score (nSPS) is 11.1. The van der Waals surface area contributed by atoms with E-state index in [2.05, 4.69) is 15.2 Å². The van der Waals surface area contributed by atoms with Gasteiger partial charge in [-0.1, -0.05) is 52.9 Å². The van der Waals surface area contributed by atoms with Crippen molar-refractivity contribution in [2.75, 3.05) is 17.2 Å². The summed E-state index contributed by atoms with van der Waals surface area (Å²) in [5.41, 5.74) is 1.76. The van der Waals surface area contributed by atoms with E-state index in [4.69, 9.17) is 11.6 Å². The highest BCUT2D eigenvalue weighted by Crippen LogP contribution is 2.29. The third kappa shape index (κ3) is 3.89. The molecule has 2 aromatic carbocycles. The Morgan fingerprint density at radius 3 is 2.89 bits per heavy atom. The van der Waals surface area contributed by atoms with Crippen LogP contribution in [0.2, 0.25) is 5.02 Å². The number of hydrogen-bond acceptors (Lipinski definition) is 6. The van der Waals surface area contributed by atoms with Gasteiger partial charge in [-0.3, -0.25) is 14.3 Å². The lowest BCUT2D eigenvalue weighted by Gasteiger charge is -2.17. The van der Waals surface area contributed by atoms with Gasteiger partial charge in [0, 0.05) is 11.6 Å². The van der Waals surface area contributed by atoms with Crippen LogP contribution in [-0.4, -0.2) is 38.0 Å². The van der Waals surface area contributed by atoms with Gasteiger partial charge < -0.3 is 0 Å². The fraction of sp³-hybridized carbons (Fsp3) is 0.158. The van der Waals surface area contributed by atoms with Crippen molar-refractivity contribution in [1.29, 1.82) is 0 Å². The Morgan fingerprint density at radius 2 is 2.11 bits per heavy atom. The van der Waals surface area contributed by atoms with Crippen molar-refractivity contribution < 1.29 is 4.79 Å². The van der Waals surface area contributed by atoms with Gasteiger partial charge in [0.25, 0.3) is 0 Å². The molecule has 9 heteroatoms. The minimum atomic E-state index is -0.0211. The molecule has 0 fully saturated rings. The number of thioether (sulfide) groups is 1. The smallest absolute Gasteiger partial charge is 0.239 e. The Morgan fingerprint density at radius 1 is 1.25 bits per heavy atom. The molecule has 0 atom stereocenters. The van der Waals surface area contributed by atoms with Gasteiger partial charge in [0.05, 0.1) is 21.7 Å². The molecule has 0 aliphatic heterocycles. The van der Waals surface area contributed by atoms with Crippen LogP contribution in [0.1, 0.15) is 6.92 Å². The zero-order chi connectivity index (χ0) is 19.5. The van der Waals surface area contributed by atoms with Crippen LogP contribution in [0.15, 0.2) is 60.0 Å². The van der Waals surface area contributed by atoms with Gasteiger partial charge in [0.15, 0.2) is 10.3 Å². The highest BCUT2D eigenvalue weighted by atomic mass is 35.5. The van der Waals surface area contributed by atoms with Crippen LogP contribution in [0.5, 0.6) is 0 Å². The second-order valence-corrected chi connectivity index (χ2v) is 8.24. The van der Waals surface area contributed by atoms with Crippen LogP contribution in [0.3, 0.4) is 0 Å². The lowest BCUT2D eigenvalue weighted by atomic mass is 10.3. The predicted octanol–water partition coefficient (Wildman–Crippen LogP) is 4.68. The molecule has 28 heavy (non-hydrogen) atoms. The molecule has 0 spiro atoms. The van der Waals surface area contributed by atoms with Crippen LogP contribution in [0, 0.1) is 0 Å². The van der Waals surface area contributed by atoms with E-state index >= 15 is 0 Å². The number of halogens is 1. The summed E-state index contributed by atoms with van der Waals surface area (Å²) in [7, 11) is 0. The molecule has 0 saturated heterocycles. The van der Waals surface area contributed by atoms with Gasteiger partial charge in [-0.05, 0) is 37.3 Å². The minimum Gasteiger partial charge on any atom is -0.288 e. The van der Waals surface area contributed by atoms with Crippen molar-refractivity contribution in [3.8, 4) is 5.69 Å². The molecule has 2 aromatic heterocycles. The molecule has 0 aliphatic carbocycles. The van der Waals surface area contributed by atoms with Crippen molar-refractivity contribution in [2.24, 2.45) is 0 Å². The first-order valence-electron chi connectivity index (χ1n) is 8.60. The van der Waals surface area contributed by atoms with Gasteiger partial charge in [-0.2, -0.15) is 0 Å². The summed E-state index contributed by atoms with van der Waals surface area (Å²) < 4.78 is 2.88. The van der Waals surface area contributed by atoms with E-state index in [9.17, 15) is 4.79 Å². The van der Waals surface area contributed by atoms with Gasteiger partial charge in [0.1, 0.15) is 6.33 Å². The number of fused-ring (bicyclic) bond motifs is 1. The standard InChI is InChI=1S/C19H16ClN5OS2/c1-2-24(18-22-15-8-3-4-9-16(15)28-18)17(26)11-27-19-23-21-12-25(19)14-7-5-6-13(20)10-14/h3-10,12H,2,11H2,1H3. The number of para-hydroxylation sites is 1. The van der Waals surface area contributed by atoms with E-state index in [0.29, 0.717) is 21.9 Å².